The molecule has 3 heteroatoms. The smallest absolute Gasteiger partial charge is 0.335 e. The summed E-state index contributed by atoms with van der Waals surface area (Å²) in [4.78, 5) is 11.2. The van der Waals surface area contributed by atoms with Crippen molar-refractivity contribution in [2.24, 2.45) is 0 Å². The van der Waals surface area contributed by atoms with Crippen molar-refractivity contribution in [2.75, 3.05) is 0 Å². The molecule has 0 spiro atoms. The van der Waals surface area contributed by atoms with E-state index in [9.17, 15) is 9.90 Å². The first-order chi connectivity index (χ1) is 7.86. The molecule has 0 amide bonds. The van der Waals surface area contributed by atoms with Crippen molar-refractivity contribution >= 4 is 5.97 Å². The number of aryl methyl sites for hydroxylation is 1. The van der Waals surface area contributed by atoms with Crippen molar-refractivity contribution in [3.63, 3.8) is 0 Å². The van der Waals surface area contributed by atoms with Crippen LogP contribution in [0.2, 0.25) is 0 Å². The Balaban J connectivity index is 3.18. The van der Waals surface area contributed by atoms with Crippen molar-refractivity contribution in [3.05, 3.63) is 34.9 Å². The molecule has 0 unspecified atom stereocenters. The van der Waals surface area contributed by atoms with Gasteiger partial charge in [-0.3, -0.25) is 0 Å². The maximum Gasteiger partial charge on any atom is 0.335 e. The van der Waals surface area contributed by atoms with Gasteiger partial charge in [-0.1, -0.05) is 32.9 Å². The summed E-state index contributed by atoms with van der Waals surface area (Å²) in [6, 6.07) is 7.52. The number of nitrogens with zero attached hydrogens (tertiary/aromatic N) is 1. The van der Waals surface area contributed by atoms with Gasteiger partial charge in [0.05, 0.1) is 11.6 Å². The fourth-order valence-corrected chi connectivity index (χ4v) is 1.65. The summed E-state index contributed by atoms with van der Waals surface area (Å²) >= 11 is 0. The first kappa shape index (κ1) is 13.2. The minimum atomic E-state index is -0.927. The van der Waals surface area contributed by atoms with Crippen molar-refractivity contribution < 1.29 is 9.90 Å². The first-order valence-corrected chi connectivity index (χ1v) is 5.60. The Kier molecular flexibility index (Phi) is 3.90. The molecular weight excluding hydrogens is 214 g/mol. The second kappa shape index (κ2) is 5.01. The number of nitriles is 1. The molecule has 0 aliphatic heterocycles. The van der Waals surface area contributed by atoms with Crippen LogP contribution in [0.1, 0.15) is 48.7 Å². The van der Waals surface area contributed by atoms with Gasteiger partial charge in [-0.05, 0) is 29.0 Å². The Labute approximate surface area is 102 Å². The van der Waals surface area contributed by atoms with Crippen LogP contribution in [0, 0.1) is 11.3 Å². The number of hydrogen-bond donors (Lipinski definition) is 1. The molecule has 3 nitrogen and oxygen atoms in total. The van der Waals surface area contributed by atoms with E-state index in [1.807, 2.05) is 39.0 Å². The second-order valence-corrected chi connectivity index (χ2v) is 5.09. The molecule has 0 fully saturated rings. The van der Waals surface area contributed by atoms with Crippen LogP contribution in [-0.4, -0.2) is 11.1 Å². The number of carboxylic acid groups (broad SMARTS) is 1. The summed E-state index contributed by atoms with van der Waals surface area (Å²) in [6.45, 7) is 6.13. The summed E-state index contributed by atoms with van der Waals surface area (Å²) in [5.41, 5.74) is 1.97. The largest absolute Gasteiger partial charge is 0.478 e. The summed E-state index contributed by atoms with van der Waals surface area (Å²) in [6.07, 6.45) is 0.831. The SMILES string of the molecule is CC(C)(C)c1ccc(CCC#N)c(C(=O)O)c1. The van der Waals surface area contributed by atoms with Crippen LogP contribution >= 0.6 is 0 Å². The average molecular weight is 231 g/mol. The lowest BCUT2D eigenvalue weighted by Crippen LogP contribution is -2.13. The minimum absolute atomic E-state index is 0.0715. The van der Waals surface area contributed by atoms with E-state index in [1.54, 1.807) is 6.07 Å². The van der Waals surface area contributed by atoms with E-state index in [-0.39, 0.29) is 5.41 Å². The normalized spacial score (nSPS) is 10.9. The highest BCUT2D eigenvalue weighted by atomic mass is 16.4. The van der Waals surface area contributed by atoms with Gasteiger partial charge in [0.1, 0.15) is 0 Å². The maximum absolute atomic E-state index is 11.2. The molecule has 1 aromatic rings. The molecule has 0 radical (unpaired) electrons. The maximum atomic E-state index is 11.2. The zero-order chi connectivity index (χ0) is 13.1. The van der Waals surface area contributed by atoms with Crippen molar-refractivity contribution in [2.45, 2.75) is 39.0 Å². The number of carbonyl (C=O) groups is 1. The average Bonchev–Trinajstić information content (AvgIpc) is 2.24. The quantitative estimate of drug-likeness (QED) is 0.869. The third kappa shape index (κ3) is 3.32. The lowest BCUT2D eigenvalue weighted by molar-refractivity contribution is 0.0695. The van der Waals surface area contributed by atoms with E-state index < -0.39 is 5.97 Å². The van der Waals surface area contributed by atoms with Gasteiger partial charge in [-0.25, -0.2) is 4.79 Å². The second-order valence-electron chi connectivity index (χ2n) is 5.09. The predicted octanol–water partition coefficient (Wildman–Crippen LogP) is 3.14. The molecule has 0 bridgehead atoms. The summed E-state index contributed by atoms with van der Waals surface area (Å²) in [5, 5.41) is 17.7. The van der Waals surface area contributed by atoms with Crippen molar-refractivity contribution in [1.82, 2.24) is 0 Å². The number of carboxylic acids is 1. The van der Waals surface area contributed by atoms with Crippen LogP contribution in [0.25, 0.3) is 0 Å². The third-order valence-corrected chi connectivity index (χ3v) is 2.71. The molecule has 0 saturated carbocycles. The van der Waals surface area contributed by atoms with E-state index in [1.165, 1.54) is 0 Å². The van der Waals surface area contributed by atoms with E-state index in [0.717, 1.165) is 11.1 Å². The molecule has 0 atom stereocenters. The number of hydrogen-bond acceptors (Lipinski definition) is 2. The standard InChI is InChI=1S/C14H17NO2/c1-14(2,3)11-7-6-10(5-4-8-15)12(9-11)13(16)17/h6-7,9H,4-5H2,1-3H3,(H,16,17). The highest BCUT2D eigenvalue weighted by Gasteiger charge is 2.17. The van der Waals surface area contributed by atoms with Crippen LogP contribution in [0.5, 0.6) is 0 Å². The van der Waals surface area contributed by atoms with Gasteiger partial charge in [0, 0.05) is 6.42 Å². The van der Waals surface area contributed by atoms with E-state index in [2.05, 4.69) is 0 Å². The van der Waals surface area contributed by atoms with Crippen LogP contribution in [-0.2, 0) is 11.8 Å². The van der Waals surface area contributed by atoms with E-state index >= 15 is 0 Å². The van der Waals surface area contributed by atoms with Crippen molar-refractivity contribution in [3.8, 4) is 6.07 Å². The summed E-state index contributed by atoms with van der Waals surface area (Å²) in [5.74, 6) is -0.927. The number of aromatic carboxylic acids is 1. The van der Waals surface area contributed by atoms with Gasteiger partial charge < -0.3 is 5.11 Å². The molecule has 0 aromatic heterocycles. The Hall–Kier alpha value is -1.82. The van der Waals surface area contributed by atoms with E-state index in [0.29, 0.717) is 18.4 Å². The monoisotopic (exact) mass is 231 g/mol. The Morgan fingerprint density at radius 2 is 2.06 bits per heavy atom. The lowest BCUT2D eigenvalue weighted by atomic mass is 9.85. The lowest BCUT2D eigenvalue weighted by Gasteiger charge is -2.20. The van der Waals surface area contributed by atoms with Gasteiger partial charge in [0.15, 0.2) is 0 Å². The zero-order valence-corrected chi connectivity index (χ0v) is 10.4. The Morgan fingerprint density at radius 3 is 2.53 bits per heavy atom. The fraction of sp³-hybridized carbons (Fsp3) is 0.429. The molecule has 90 valence electrons. The van der Waals surface area contributed by atoms with Gasteiger partial charge in [-0.2, -0.15) is 5.26 Å². The van der Waals surface area contributed by atoms with Crippen LogP contribution in [0.15, 0.2) is 18.2 Å². The van der Waals surface area contributed by atoms with Crippen LogP contribution in [0.4, 0.5) is 0 Å². The summed E-state index contributed by atoms with van der Waals surface area (Å²) in [7, 11) is 0. The number of rotatable bonds is 3. The Morgan fingerprint density at radius 1 is 1.41 bits per heavy atom. The molecule has 0 heterocycles. The van der Waals surface area contributed by atoms with Crippen LogP contribution < -0.4 is 0 Å². The highest BCUT2D eigenvalue weighted by molar-refractivity contribution is 5.89. The predicted molar refractivity (Wildman–Crippen MR) is 66.0 cm³/mol. The van der Waals surface area contributed by atoms with Crippen molar-refractivity contribution in [1.29, 1.82) is 5.26 Å². The third-order valence-electron chi connectivity index (χ3n) is 2.71. The zero-order valence-electron chi connectivity index (χ0n) is 10.4. The minimum Gasteiger partial charge on any atom is -0.478 e. The van der Waals surface area contributed by atoms with E-state index in [4.69, 9.17) is 5.26 Å². The number of benzene rings is 1. The molecule has 1 N–H and O–H groups in total. The molecule has 0 saturated heterocycles. The Bertz CT molecular complexity index is 464. The molecule has 0 aliphatic carbocycles. The molecule has 1 aromatic carbocycles. The fourth-order valence-electron chi connectivity index (χ4n) is 1.65. The van der Waals surface area contributed by atoms with Gasteiger partial charge in [0.2, 0.25) is 0 Å². The molecular formula is C14H17NO2. The van der Waals surface area contributed by atoms with Crippen LogP contribution in [0.3, 0.4) is 0 Å². The highest BCUT2D eigenvalue weighted by Crippen LogP contribution is 2.25. The van der Waals surface area contributed by atoms with Gasteiger partial charge in [-0.15, -0.1) is 0 Å². The van der Waals surface area contributed by atoms with Gasteiger partial charge >= 0.3 is 5.97 Å². The molecule has 17 heavy (non-hydrogen) atoms. The first-order valence-electron chi connectivity index (χ1n) is 5.60. The van der Waals surface area contributed by atoms with Gasteiger partial charge in [0.25, 0.3) is 0 Å². The topological polar surface area (TPSA) is 61.1 Å². The molecule has 0 aliphatic rings. The summed E-state index contributed by atoms with van der Waals surface area (Å²) < 4.78 is 0. The molecule has 1 rings (SSSR count).